The minimum Gasteiger partial charge on any atom is -0.399 e. The van der Waals surface area contributed by atoms with Crippen molar-refractivity contribution >= 4 is 21.4 Å². The smallest absolute Gasteiger partial charge is 0.238 e. The molecule has 7 nitrogen and oxygen atoms in total. The van der Waals surface area contributed by atoms with Crippen LogP contribution in [0.4, 0.5) is 11.4 Å². The molecule has 0 spiro atoms. The van der Waals surface area contributed by atoms with Crippen molar-refractivity contribution in [2.75, 3.05) is 11.1 Å². The molecule has 1 atom stereocenters. The molecule has 1 aromatic carbocycles. The van der Waals surface area contributed by atoms with Crippen LogP contribution in [-0.4, -0.2) is 18.6 Å². The van der Waals surface area contributed by atoms with Crippen molar-refractivity contribution in [3.8, 4) is 0 Å². The summed E-state index contributed by atoms with van der Waals surface area (Å²) >= 11 is 0. The Morgan fingerprint density at radius 3 is 2.65 bits per heavy atom. The monoisotopic (exact) mass is 295 g/mol. The van der Waals surface area contributed by atoms with Gasteiger partial charge in [-0.1, -0.05) is 0 Å². The summed E-state index contributed by atoms with van der Waals surface area (Å²) in [6.45, 7) is 3.62. The van der Waals surface area contributed by atoms with Crippen LogP contribution in [0, 0.1) is 6.92 Å². The van der Waals surface area contributed by atoms with Crippen molar-refractivity contribution in [1.82, 2.24) is 10.2 Å². The number of aromatic amines is 1. The quantitative estimate of drug-likeness (QED) is 0.629. The Morgan fingerprint density at radius 2 is 2.10 bits per heavy atom. The van der Waals surface area contributed by atoms with E-state index in [0.29, 0.717) is 16.9 Å². The number of nitrogens with one attached hydrogen (secondary N) is 2. The number of aromatic nitrogens is 2. The lowest BCUT2D eigenvalue weighted by atomic mass is 10.1. The van der Waals surface area contributed by atoms with Crippen LogP contribution in [0.25, 0.3) is 0 Å². The second-order valence-corrected chi connectivity index (χ2v) is 6.16. The maximum Gasteiger partial charge on any atom is 0.238 e. The van der Waals surface area contributed by atoms with Gasteiger partial charge in [-0.05, 0) is 31.5 Å². The number of anilines is 2. The van der Waals surface area contributed by atoms with Crippen molar-refractivity contribution in [2.24, 2.45) is 5.14 Å². The van der Waals surface area contributed by atoms with E-state index in [9.17, 15) is 8.42 Å². The molecule has 0 saturated heterocycles. The van der Waals surface area contributed by atoms with E-state index in [2.05, 4.69) is 15.5 Å². The molecule has 0 aliphatic carbocycles. The molecule has 20 heavy (non-hydrogen) atoms. The standard InChI is InChI=1S/C12H17N5O2S/c1-7-11(17-8(2)9-5-15-16-6-9)3-10(13)4-12(7)20(14,18)19/h3-6,8,17H,13H2,1-2H3,(H,15,16)(H2,14,18,19). The Morgan fingerprint density at radius 1 is 1.40 bits per heavy atom. The van der Waals surface area contributed by atoms with E-state index < -0.39 is 10.0 Å². The van der Waals surface area contributed by atoms with Crippen LogP contribution in [0.1, 0.15) is 24.1 Å². The van der Waals surface area contributed by atoms with Crippen molar-refractivity contribution in [3.05, 3.63) is 35.7 Å². The first-order valence-electron chi connectivity index (χ1n) is 5.97. The van der Waals surface area contributed by atoms with Gasteiger partial charge in [0.25, 0.3) is 0 Å². The Labute approximate surface area is 117 Å². The molecule has 0 saturated carbocycles. The summed E-state index contributed by atoms with van der Waals surface area (Å²) in [5.74, 6) is 0. The number of rotatable bonds is 4. The topological polar surface area (TPSA) is 127 Å². The zero-order valence-corrected chi connectivity index (χ0v) is 12.0. The van der Waals surface area contributed by atoms with Crippen LogP contribution in [0.15, 0.2) is 29.4 Å². The van der Waals surface area contributed by atoms with Gasteiger partial charge in [0.15, 0.2) is 0 Å². The lowest BCUT2D eigenvalue weighted by Gasteiger charge is -2.18. The van der Waals surface area contributed by atoms with E-state index in [1.807, 2.05) is 6.92 Å². The summed E-state index contributed by atoms with van der Waals surface area (Å²) in [5, 5.41) is 15.0. The van der Waals surface area contributed by atoms with Gasteiger partial charge in [0.2, 0.25) is 10.0 Å². The molecule has 2 aromatic rings. The number of primary sulfonamides is 1. The molecule has 108 valence electrons. The third-order valence-corrected chi connectivity index (χ3v) is 4.12. The van der Waals surface area contributed by atoms with Crippen molar-refractivity contribution in [3.63, 3.8) is 0 Å². The molecule has 0 radical (unpaired) electrons. The maximum atomic E-state index is 11.6. The zero-order valence-electron chi connectivity index (χ0n) is 11.2. The van der Waals surface area contributed by atoms with Gasteiger partial charge in [-0.3, -0.25) is 5.10 Å². The first-order chi connectivity index (χ1) is 9.29. The van der Waals surface area contributed by atoms with Gasteiger partial charge < -0.3 is 11.1 Å². The van der Waals surface area contributed by atoms with Gasteiger partial charge >= 0.3 is 0 Å². The lowest BCUT2D eigenvalue weighted by Crippen LogP contribution is -2.16. The van der Waals surface area contributed by atoms with Crippen LogP contribution in [-0.2, 0) is 10.0 Å². The van der Waals surface area contributed by atoms with Gasteiger partial charge in [-0.25, -0.2) is 13.6 Å². The predicted octanol–water partition coefficient (Wildman–Crippen LogP) is 1.12. The average molecular weight is 295 g/mol. The largest absolute Gasteiger partial charge is 0.399 e. The van der Waals surface area contributed by atoms with E-state index in [1.165, 1.54) is 6.07 Å². The first-order valence-corrected chi connectivity index (χ1v) is 7.52. The highest BCUT2D eigenvalue weighted by atomic mass is 32.2. The Hall–Kier alpha value is -2.06. The third-order valence-electron chi connectivity index (χ3n) is 3.08. The lowest BCUT2D eigenvalue weighted by molar-refractivity contribution is 0.597. The van der Waals surface area contributed by atoms with Gasteiger partial charge in [-0.2, -0.15) is 5.10 Å². The fourth-order valence-electron chi connectivity index (χ4n) is 1.97. The van der Waals surface area contributed by atoms with E-state index in [-0.39, 0.29) is 10.9 Å². The molecule has 0 bridgehead atoms. The summed E-state index contributed by atoms with van der Waals surface area (Å²) in [4.78, 5) is 0.0272. The number of benzene rings is 1. The van der Waals surface area contributed by atoms with Gasteiger partial charge in [-0.15, -0.1) is 0 Å². The predicted molar refractivity (Wildman–Crippen MR) is 77.6 cm³/mol. The second-order valence-electron chi connectivity index (χ2n) is 4.63. The van der Waals surface area contributed by atoms with Gasteiger partial charge in [0.1, 0.15) is 0 Å². The third kappa shape index (κ3) is 2.91. The molecule has 0 aliphatic rings. The molecule has 1 unspecified atom stereocenters. The number of nitrogens with zero attached hydrogens (tertiary/aromatic N) is 1. The number of nitrogen functional groups attached to an aromatic ring is 1. The fraction of sp³-hybridized carbons (Fsp3) is 0.250. The minimum absolute atomic E-state index is 0.0272. The van der Waals surface area contributed by atoms with Crippen LogP contribution in [0.3, 0.4) is 0 Å². The molecule has 8 heteroatoms. The summed E-state index contributed by atoms with van der Waals surface area (Å²) in [7, 11) is -3.81. The van der Waals surface area contributed by atoms with Crippen LogP contribution in [0.5, 0.6) is 0 Å². The maximum absolute atomic E-state index is 11.6. The molecule has 0 aliphatic heterocycles. The Balaban J connectivity index is 2.40. The fourth-order valence-corrected chi connectivity index (χ4v) is 2.81. The molecule has 0 fully saturated rings. The van der Waals surface area contributed by atoms with E-state index in [1.54, 1.807) is 25.4 Å². The van der Waals surface area contributed by atoms with Crippen molar-refractivity contribution in [1.29, 1.82) is 0 Å². The molecule has 2 rings (SSSR count). The molecular formula is C12H17N5O2S. The average Bonchev–Trinajstić information content (AvgIpc) is 2.85. The van der Waals surface area contributed by atoms with Crippen molar-refractivity contribution < 1.29 is 8.42 Å². The first kappa shape index (κ1) is 14.4. The summed E-state index contributed by atoms with van der Waals surface area (Å²) in [6, 6.07) is 2.99. The number of sulfonamides is 1. The molecular weight excluding hydrogens is 278 g/mol. The SMILES string of the molecule is Cc1c(NC(C)c2cn[nH]c2)cc(N)cc1S(N)(=O)=O. The number of hydrogen-bond donors (Lipinski definition) is 4. The van der Waals surface area contributed by atoms with Crippen LogP contribution >= 0.6 is 0 Å². The van der Waals surface area contributed by atoms with Crippen LogP contribution < -0.4 is 16.2 Å². The van der Waals surface area contributed by atoms with Crippen LogP contribution in [0.2, 0.25) is 0 Å². The van der Waals surface area contributed by atoms with E-state index in [0.717, 1.165) is 5.56 Å². The highest BCUT2D eigenvalue weighted by Crippen LogP contribution is 2.28. The highest BCUT2D eigenvalue weighted by Gasteiger charge is 2.17. The summed E-state index contributed by atoms with van der Waals surface area (Å²) in [6.07, 6.45) is 3.46. The summed E-state index contributed by atoms with van der Waals surface area (Å²) < 4.78 is 23.1. The summed E-state index contributed by atoms with van der Waals surface area (Å²) in [5.41, 5.74) is 8.19. The molecule has 0 amide bonds. The highest BCUT2D eigenvalue weighted by molar-refractivity contribution is 7.89. The minimum atomic E-state index is -3.81. The normalized spacial score (nSPS) is 13.2. The van der Waals surface area contributed by atoms with E-state index >= 15 is 0 Å². The van der Waals surface area contributed by atoms with Gasteiger partial charge in [0, 0.05) is 23.1 Å². The van der Waals surface area contributed by atoms with E-state index in [4.69, 9.17) is 10.9 Å². The van der Waals surface area contributed by atoms with Gasteiger partial charge in [0.05, 0.1) is 17.1 Å². The molecule has 6 N–H and O–H groups in total. The molecule has 1 aromatic heterocycles. The Bertz CT molecular complexity index is 710. The molecule has 1 heterocycles. The second kappa shape index (κ2) is 5.14. The van der Waals surface area contributed by atoms with Crippen molar-refractivity contribution in [2.45, 2.75) is 24.8 Å². The number of H-pyrrole nitrogens is 1. The zero-order chi connectivity index (χ0) is 14.9. The Kier molecular flexibility index (Phi) is 3.69. The number of nitrogens with two attached hydrogens (primary N) is 2. The number of hydrogen-bond acceptors (Lipinski definition) is 5.